The summed E-state index contributed by atoms with van der Waals surface area (Å²) in [5.74, 6) is 0. The zero-order valence-electron chi connectivity index (χ0n) is 31.0. The van der Waals surface area contributed by atoms with Crippen molar-refractivity contribution in [1.82, 2.24) is 0 Å². The van der Waals surface area contributed by atoms with E-state index in [1.54, 1.807) is 0 Å². The monoisotopic (exact) mass is 705 g/mol. The highest BCUT2D eigenvalue weighted by atomic mass is 16.3. The van der Waals surface area contributed by atoms with Gasteiger partial charge in [-0.15, -0.1) is 0 Å². The van der Waals surface area contributed by atoms with Crippen molar-refractivity contribution in [3.05, 3.63) is 209 Å². The Morgan fingerprint density at radius 2 is 0.964 bits per heavy atom. The van der Waals surface area contributed by atoms with Gasteiger partial charge in [-0.05, 0) is 117 Å². The average molecular weight is 706 g/mol. The Bertz CT molecular complexity index is 2980. The highest BCUT2D eigenvalue weighted by Crippen LogP contribution is 2.52. The third-order valence-corrected chi connectivity index (χ3v) is 12.2. The van der Waals surface area contributed by atoms with Crippen molar-refractivity contribution in [3.63, 3.8) is 0 Å². The second-order valence-corrected chi connectivity index (χ2v) is 15.7. The van der Waals surface area contributed by atoms with Gasteiger partial charge in [-0.2, -0.15) is 0 Å². The van der Waals surface area contributed by atoms with Crippen LogP contribution in [-0.4, -0.2) is 0 Å². The highest BCUT2D eigenvalue weighted by Gasteiger charge is 2.36. The third kappa shape index (κ3) is 4.95. The first-order valence-electron chi connectivity index (χ1n) is 19.4. The minimum Gasteiger partial charge on any atom is -0.456 e. The lowest BCUT2D eigenvalue weighted by atomic mass is 9.82. The van der Waals surface area contributed by atoms with Crippen LogP contribution in [0.3, 0.4) is 0 Å². The predicted octanol–water partition coefficient (Wildman–Crippen LogP) is 14.2. The number of para-hydroxylation sites is 1. The summed E-state index contributed by atoms with van der Waals surface area (Å²) in [4.78, 5) is 2.50. The molecule has 9 aromatic rings. The quantitative estimate of drug-likeness (QED) is 0.182. The summed E-state index contributed by atoms with van der Waals surface area (Å²) in [6, 6.07) is 65.0. The van der Waals surface area contributed by atoms with Gasteiger partial charge in [0.1, 0.15) is 11.2 Å². The van der Waals surface area contributed by atoms with Gasteiger partial charge in [0.05, 0.1) is 5.69 Å². The summed E-state index contributed by atoms with van der Waals surface area (Å²) >= 11 is 0. The molecule has 0 bridgehead atoms. The van der Waals surface area contributed by atoms with Crippen LogP contribution in [0.15, 0.2) is 180 Å². The van der Waals surface area contributed by atoms with Crippen LogP contribution in [0, 0.1) is 0 Å². The SMILES string of the molecule is CC1(C)c2ccccc2-c2ccc(N(c3ccc4oc5ccccc5c4c3)c3cccc4c3-c3ccccc3Cc3ccccc3-c3ccccc3C4)cc21. The average Bonchev–Trinajstić information content (AvgIpc) is 3.70. The fourth-order valence-corrected chi connectivity index (χ4v) is 9.55. The van der Waals surface area contributed by atoms with Gasteiger partial charge in [-0.1, -0.05) is 147 Å². The lowest BCUT2D eigenvalue weighted by Gasteiger charge is -2.31. The van der Waals surface area contributed by atoms with Crippen molar-refractivity contribution < 1.29 is 4.42 Å². The van der Waals surface area contributed by atoms with Gasteiger partial charge in [0, 0.05) is 33.1 Å². The van der Waals surface area contributed by atoms with E-state index in [0.29, 0.717) is 0 Å². The second-order valence-electron chi connectivity index (χ2n) is 15.7. The summed E-state index contributed by atoms with van der Waals surface area (Å²) in [5, 5.41) is 2.24. The maximum absolute atomic E-state index is 6.36. The van der Waals surface area contributed by atoms with Crippen LogP contribution in [0.4, 0.5) is 17.1 Å². The van der Waals surface area contributed by atoms with E-state index in [0.717, 1.165) is 51.8 Å². The molecule has 2 nitrogen and oxygen atoms in total. The van der Waals surface area contributed by atoms with E-state index < -0.39 is 0 Å². The number of nitrogens with zero attached hydrogens (tertiary/aromatic N) is 1. The Morgan fingerprint density at radius 1 is 0.418 bits per heavy atom. The molecule has 2 heteroatoms. The van der Waals surface area contributed by atoms with Crippen molar-refractivity contribution in [3.8, 4) is 33.4 Å². The van der Waals surface area contributed by atoms with Crippen LogP contribution in [0.5, 0.6) is 0 Å². The molecule has 1 heterocycles. The number of anilines is 3. The molecule has 262 valence electrons. The molecule has 0 saturated carbocycles. The number of benzene rings is 8. The van der Waals surface area contributed by atoms with Crippen LogP contribution in [0.1, 0.15) is 47.2 Å². The van der Waals surface area contributed by atoms with Crippen molar-refractivity contribution in [2.45, 2.75) is 32.1 Å². The molecule has 0 radical (unpaired) electrons. The van der Waals surface area contributed by atoms with E-state index in [2.05, 4.69) is 189 Å². The highest BCUT2D eigenvalue weighted by molar-refractivity contribution is 6.07. The lowest BCUT2D eigenvalue weighted by molar-refractivity contribution is 0.660. The van der Waals surface area contributed by atoms with Gasteiger partial charge in [0.2, 0.25) is 0 Å². The van der Waals surface area contributed by atoms with Gasteiger partial charge in [0.25, 0.3) is 0 Å². The minimum absolute atomic E-state index is 0.135. The fourth-order valence-electron chi connectivity index (χ4n) is 9.55. The van der Waals surface area contributed by atoms with E-state index >= 15 is 0 Å². The Balaban J connectivity index is 1.20. The number of furan rings is 1. The van der Waals surface area contributed by atoms with Crippen LogP contribution >= 0.6 is 0 Å². The van der Waals surface area contributed by atoms with Crippen molar-refractivity contribution in [2.75, 3.05) is 4.90 Å². The maximum atomic E-state index is 6.36. The van der Waals surface area contributed by atoms with Gasteiger partial charge in [-0.3, -0.25) is 0 Å². The molecule has 0 amide bonds. The van der Waals surface area contributed by atoms with Crippen molar-refractivity contribution >= 4 is 39.0 Å². The lowest BCUT2D eigenvalue weighted by Crippen LogP contribution is -2.17. The zero-order valence-corrected chi connectivity index (χ0v) is 31.0. The van der Waals surface area contributed by atoms with E-state index in [-0.39, 0.29) is 5.41 Å². The van der Waals surface area contributed by atoms with Crippen LogP contribution in [0.2, 0.25) is 0 Å². The number of hydrogen-bond donors (Lipinski definition) is 0. The Labute approximate surface area is 322 Å². The van der Waals surface area contributed by atoms with Crippen LogP contribution < -0.4 is 4.90 Å². The first kappa shape index (κ1) is 31.8. The first-order valence-corrected chi connectivity index (χ1v) is 19.4. The smallest absolute Gasteiger partial charge is 0.135 e. The topological polar surface area (TPSA) is 16.4 Å². The Morgan fingerprint density at radius 3 is 1.75 bits per heavy atom. The van der Waals surface area contributed by atoms with E-state index in [1.165, 1.54) is 66.8 Å². The normalized spacial score (nSPS) is 13.6. The van der Waals surface area contributed by atoms with Gasteiger partial charge >= 0.3 is 0 Å². The summed E-state index contributed by atoms with van der Waals surface area (Å²) in [6.45, 7) is 4.73. The molecule has 1 aromatic heterocycles. The van der Waals surface area contributed by atoms with E-state index in [9.17, 15) is 0 Å². The first-order chi connectivity index (χ1) is 27.0. The molecule has 55 heavy (non-hydrogen) atoms. The summed E-state index contributed by atoms with van der Waals surface area (Å²) in [6.07, 6.45) is 1.65. The molecule has 0 spiro atoms. The number of rotatable bonds is 3. The molecule has 8 aromatic carbocycles. The van der Waals surface area contributed by atoms with Crippen LogP contribution in [-0.2, 0) is 18.3 Å². The Kier molecular flexibility index (Phi) is 7.06. The molecule has 0 atom stereocenters. The maximum Gasteiger partial charge on any atom is 0.135 e. The molecule has 0 aliphatic heterocycles. The van der Waals surface area contributed by atoms with Crippen molar-refractivity contribution in [2.24, 2.45) is 0 Å². The van der Waals surface area contributed by atoms with Crippen molar-refractivity contribution in [1.29, 1.82) is 0 Å². The number of hydrogen-bond acceptors (Lipinski definition) is 2. The largest absolute Gasteiger partial charge is 0.456 e. The minimum atomic E-state index is -0.135. The predicted molar refractivity (Wildman–Crippen MR) is 229 cm³/mol. The van der Waals surface area contributed by atoms with Gasteiger partial charge in [0.15, 0.2) is 0 Å². The second kappa shape index (κ2) is 12.2. The molecule has 11 rings (SSSR count). The number of fused-ring (bicyclic) bond motifs is 12. The Hall–Kier alpha value is -6.64. The molecule has 0 N–H and O–H groups in total. The molecule has 0 fully saturated rings. The summed E-state index contributed by atoms with van der Waals surface area (Å²) in [7, 11) is 0. The third-order valence-electron chi connectivity index (χ3n) is 12.2. The summed E-state index contributed by atoms with van der Waals surface area (Å²) in [5.41, 5.74) is 20.9. The molecule has 0 unspecified atom stereocenters. The fraction of sp³-hybridized carbons (Fsp3) is 0.0943. The summed E-state index contributed by atoms with van der Waals surface area (Å²) < 4.78 is 6.36. The van der Waals surface area contributed by atoms with Crippen LogP contribution in [0.25, 0.3) is 55.3 Å². The molecule has 0 saturated heterocycles. The van der Waals surface area contributed by atoms with E-state index in [1.807, 2.05) is 6.07 Å². The van der Waals surface area contributed by atoms with Gasteiger partial charge < -0.3 is 9.32 Å². The standard InChI is InChI=1S/C53H39NO/c1-53(2)47-23-11-9-21-43(47)44-28-26-39(33-48(44)53)54(38-27-29-51-46(32-38)45-22-10-12-25-50(45)55-51)49-24-13-17-37-31-35-15-4-7-19-41(35)40-18-6-3-14-34(40)30-36-16-5-8-20-42(36)52(37)49/h3-29,32-33H,30-31H2,1-2H3. The van der Waals surface area contributed by atoms with E-state index in [4.69, 9.17) is 4.42 Å². The van der Waals surface area contributed by atoms with Gasteiger partial charge in [-0.25, -0.2) is 0 Å². The molecular formula is C53H39NO. The molecule has 2 aliphatic carbocycles. The zero-order chi connectivity index (χ0) is 36.7. The molecular weight excluding hydrogens is 667 g/mol. The molecule has 2 aliphatic rings.